The standard InChI is InChI=1S/C14H13N5O3S/c1-18(10-5-3-2-4-6-10)17-12(20)11-7-9-8-16-19(13(9)23-11)14(21)22-15/h2-8H,15H2,1H3,(H,17,20). The summed E-state index contributed by atoms with van der Waals surface area (Å²) in [6.45, 7) is 0. The van der Waals surface area contributed by atoms with Gasteiger partial charge in [-0.15, -0.1) is 11.3 Å². The van der Waals surface area contributed by atoms with Crippen molar-refractivity contribution in [2.75, 3.05) is 12.1 Å². The Balaban J connectivity index is 1.81. The number of nitrogens with zero attached hydrogens (tertiary/aromatic N) is 3. The van der Waals surface area contributed by atoms with Crippen molar-refractivity contribution in [3.63, 3.8) is 0 Å². The van der Waals surface area contributed by atoms with Gasteiger partial charge in [0.15, 0.2) is 0 Å². The van der Waals surface area contributed by atoms with Crippen LogP contribution in [0.3, 0.4) is 0 Å². The number of aromatic nitrogens is 2. The molecular weight excluding hydrogens is 318 g/mol. The number of anilines is 1. The van der Waals surface area contributed by atoms with Gasteiger partial charge in [0.05, 0.1) is 16.8 Å². The number of nitrogens with two attached hydrogens (primary N) is 1. The number of benzene rings is 1. The van der Waals surface area contributed by atoms with Crippen LogP contribution in [0.2, 0.25) is 0 Å². The molecule has 1 amide bonds. The van der Waals surface area contributed by atoms with Crippen molar-refractivity contribution >= 4 is 39.2 Å². The van der Waals surface area contributed by atoms with Crippen LogP contribution in [0.15, 0.2) is 42.6 Å². The van der Waals surface area contributed by atoms with Crippen LogP contribution in [0, 0.1) is 0 Å². The number of thiophene rings is 1. The number of hydrogen-bond acceptors (Lipinski definition) is 7. The van der Waals surface area contributed by atoms with Crippen LogP contribution in [0.5, 0.6) is 0 Å². The first-order chi connectivity index (χ1) is 11.1. The topological polar surface area (TPSA) is 102 Å². The average molecular weight is 331 g/mol. The second kappa shape index (κ2) is 6.07. The summed E-state index contributed by atoms with van der Waals surface area (Å²) in [7, 11) is 1.74. The van der Waals surface area contributed by atoms with Crippen LogP contribution in [0.25, 0.3) is 10.2 Å². The van der Waals surface area contributed by atoms with E-state index in [0.29, 0.717) is 15.1 Å². The Morgan fingerprint density at radius 2 is 2.09 bits per heavy atom. The van der Waals surface area contributed by atoms with Crippen molar-refractivity contribution in [2.24, 2.45) is 5.90 Å². The summed E-state index contributed by atoms with van der Waals surface area (Å²) in [5, 5.41) is 6.14. The molecule has 118 valence electrons. The number of carbonyl (C=O) groups is 2. The molecule has 3 N–H and O–H groups in total. The maximum absolute atomic E-state index is 12.3. The van der Waals surface area contributed by atoms with Gasteiger partial charge in [0.25, 0.3) is 5.91 Å². The lowest BCUT2D eigenvalue weighted by atomic mass is 10.3. The number of amides is 1. The number of hydrogen-bond donors (Lipinski definition) is 2. The molecule has 0 saturated carbocycles. The SMILES string of the molecule is CN(NC(=O)c1cc2cnn(C(=O)ON)c2s1)c1ccccc1. The highest BCUT2D eigenvalue weighted by atomic mass is 32.1. The van der Waals surface area contributed by atoms with Crippen LogP contribution in [-0.4, -0.2) is 28.8 Å². The molecule has 9 heteroatoms. The smallest absolute Gasteiger partial charge is 0.355 e. The first kappa shape index (κ1) is 15.0. The number of nitrogens with one attached hydrogen (secondary N) is 1. The Morgan fingerprint density at radius 1 is 1.35 bits per heavy atom. The van der Waals surface area contributed by atoms with E-state index >= 15 is 0 Å². The molecule has 2 aromatic heterocycles. The number of carbonyl (C=O) groups excluding carboxylic acids is 2. The van der Waals surface area contributed by atoms with Crippen LogP contribution in [0.4, 0.5) is 10.5 Å². The second-order valence-electron chi connectivity index (χ2n) is 4.65. The van der Waals surface area contributed by atoms with Crippen LogP contribution >= 0.6 is 11.3 Å². The Morgan fingerprint density at radius 3 is 2.78 bits per heavy atom. The number of rotatable bonds is 3. The molecule has 0 aliphatic carbocycles. The van der Waals surface area contributed by atoms with E-state index in [0.717, 1.165) is 21.7 Å². The van der Waals surface area contributed by atoms with E-state index < -0.39 is 6.09 Å². The average Bonchev–Trinajstić information content (AvgIpc) is 3.15. The maximum atomic E-state index is 12.3. The Hall–Kier alpha value is -2.91. The Bertz CT molecular complexity index is 858. The van der Waals surface area contributed by atoms with Gasteiger partial charge >= 0.3 is 6.09 Å². The summed E-state index contributed by atoms with van der Waals surface area (Å²) < 4.78 is 1.01. The predicted molar refractivity (Wildman–Crippen MR) is 86.0 cm³/mol. The van der Waals surface area contributed by atoms with E-state index in [1.54, 1.807) is 18.1 Å². The quantitative estimate of drug-likeness (QED) is 0.709. The van der Waals surface area contributed by atoms with Gasteiger partial charge in [-0.05, 0) is 18.2 Å². The molecule has 23 heavy (non-hydrogen) atoms. The van der Waals surface area contributed by atoms with E-state index in [9.17, 15) is 9.59 Å². The van der Waals surface area contributed by atoms with Gasteiger partial charge in [-0.3, -0.25) is 15.2 Å². The second-order valence-corrected chi connectivity index (χ2v) is 5.68. The summed E-state index contributed by atoms with van der Waals surface area (Å²) in [6, 6.07) is 11.1. The van der Waals surface area contributed by atoms with Gasteiger partial charge in [-0.25, -0.2) is 4.79 Å². The summed E-state index contributed by atoms with van der Waals surface area (Å²) in [5.41, 5.74) is 3.61. The van der Waals surface area contributed by atoms with Crippen LogP contribution in [0.1, 0.15) is 9.67 Å². The highest BCUT2D eigenvalue weighted by Gasteiger charge is 2.18. The molecule has 3 rings (SSSR count). The molecule has 0 aliphatic rings. The lowest BCUT2D eigenvalue weighted by molar-refractivity contribution is 0.0955. The van der Waals surface area contributed by atoms with E-state index in [1.807, 2.05) is 30.3 Å². The highest BCUT2D eigenvalue weighted by Crippen LogP contribution is 2.25. The molecule has 0 atom stereocenters. The minimum atomic E-state index is -0.810. The lowest BCUT2D eigenvalue weighted by Crippen LogP contribution is -2.38. The molecule has 3 aromatic rings. The van der Waals surface area contributed by atoms with Crippen LogP contribution < -0.4 is 16.3 Å². The van der Waals surface area contributed by atoms with Gasteiger partial charge in [-0.2, -0.15) is 15.7 Å². The van der Waals surface area contributed by atoms with Gasteiger partial charge in [-0.1, -0.05) is 18.2 Å². The van der Waals surface area contributed by atoms with E-state index in [4.69, 9.17) is 5.90 Å². The summed E-state index contributed by atoms with van der Waals surface area (Å²) in [6.07, 6.45) is 0.663. The Kier molecular flexibility index (Phi) is 3.96. The molecule has 8 nitrogen and oxygen atoms in total. The Labute approximate surface area is 135 Å². The third-order valence-electron chi connectivity index (χ3n) is 3.16. The molecule has 0 aliphatic heterocycles. The van der Waals surface area contributed by atoms with Crippen LogP contribution in [-0.2, 0) is 4.84 Å². The van der Waals surface area contributed by atoms with Crippen molar-refractivity contribution in [3.8, 4) is 0 Å². The molecule has 0 fully saturated rings. The molecular formula is C14H13N5O3S. The third kappa shape index (κ3) is 2.87. The van der Waals surface area contributed by atoms with E-state index in [1.165, 1.54) is 6.20 Å². The van der Waals surface area contributed by atoms with Crippen molar-refractivity contribution < 1.29 is 14.4 Å². The predicted octanol–water partition coefficient (Wildman–Crippen LogP) is 1.74. The van der Waals surface area contributed by atoms with Gasteiger partial charge < -0.3 is 4.84 Å². The summed E-state index contributed by atoms with van der Waals surface area (Å²) in [4.78, 5) is 28.9. The zero-order chi connectivity index (χ0) is 16.4. The molecule has 0 unspecified atom stereocenters. The van der Waals surface area contributed by atoms with Crippen molar-refractivity contribution in [2.45, 2.75) is 0 Å². The number of para-hydroxylation sites is 1. The molecule has 0 radical (unpaired) electrons. The van der Waals surface area contributed by atoms with Crippen molar-refractivity contribution in [3.05, 3.63) is 47.5 Å². The molecule has 0 saturated heterocycles. The normalized spacial score (nSPS) is 10.5. The first-order valence-corrected chi connectivity index (χ1v) is 7.40. The lowest BCUT2D eigenvalue weighted by Gasteiger charge is -2.19. The zero-order valence-electron chi connectivity index (χ0n) is 12.1. The van der Waals surface area contributed by atoms with E-state index in [-0.39, 0.29) is 5.91 Å². The van der Waals surface area contributed by atoms with Gasteiger partial charge in [0.2, 0.25) is 0 Å². The molecule has 0 bridgehead atoms. The van der Waals surface area contributed by atoms with Gasteiger partial charge in [0.1, 0.15) is 4.83 Å². The minimum absolute atomic E-state index is 0.287. The minimum Gasteiger partial charge on any atom is -0.355 e. The fourth-order valence-electron chi connectivity index (χ4n) is 2.04. The third-order valence-corrected chi connectivity index (χ3v) is 4.28. The highest BCUT2D eigenvalue weighted by molar-refractivity contribution is 7.20. The molecule has 0 spiro atoms. The van der Waals surface area contributed by atoms with Crippen molar-refractivity contribution in [1.29, 1.82) is 0 Å². The first-order valence-electron chi connectivity index (χ1n) is 6.58. The maximum Gasteiger partial charge on any atom is 0.454 e. The largest absolute Gasteiger partial charge is 0.454 e. The van der Waals surface area contributed by atoms with Crippen molar-refractivity contribution in [1.82, 2.24) is 15.2 Å². The zero-order valence-corrected chi connectivity index (χ0v) is 12.9. The fourth-order valence-corrected chi connectivity index (χ4v) is 3.01. The summed E-state index contributed by atoms with van der Waals surface area (Å²) in [5.74, 6) is 4.57. The van der Waals surface area contributed by atoms with Gasteiger partial charge in [0, 0.05) is 12.4 Å². The summed E-state index contributed by atoms with van der Waals surface area (Å²) >= 11 is 1.12. The number of fused-ring (bicyclic) bond motifs is 1. The molecule has 2 heterocycles. The molecule has 1 aromatic carbocycles. The fraction of sp³-hybridized carbons (Fsp3) is 0.0714. The van der Waals surface area contributed by atoms with E-state index in [2.05, 4.69) is 15.4 Å². The number of hydrazine groups is 1. The monoisotopic (exact) mass is 331 g/mol.